The second-order valence-electron chi connectivity index (χ2n) is 5.59. The lowest BCUT2D eigenvalue weighted by Crippen LogP contribution is -2.30. The van der Waals surface area contributed by atoms with E-state index in [0.29, 0.717) is 12.3 Å². The normalized spacial score (nSPS) is 27.8. The van der Waals surface area contributed by atoms with Crippen molar-refractivity contribution in [3.63, 3.8) is 0 Å². The molecule has 3 unspecified atom stereocenters. The Labute approximate surface area is 113 Å². The summed E-state index contributed by atoms with van der Waals surface area (Å²) in [6.07, 6.45) is 2.54. The number of nitrogens with one attached hydrogen (secondary N) is 1. The second-order valence-corrected chi connectivity index (χ2v) is 5.59. The molecule has 4 nitrogen and oxygen atoms in total. The van der Waals surface area contributed by atoms with E-state index in [1.165, 1.54) is 5.56 Å². The van der Waals surface area contributed by atoms with Crippen molar-refractivity contribution in [2.24, 2.45) is 11.7 Å². The molecule has 2 aliphatic rings. The molecule has 102 valence electrons. The van der Waals surface area contributed by atoms with E-state index in [1.807, 2.05) is 12.1 Å². The van der Waals surface area contributed by atoms with E-state index < -0.39 is 0 Å². The molecule has 0 radical (unpaired) electrons. The molecule has 2 heterocycles. The number of rotatable bonds is 2. The standard InChI is InChI=1S/C15H20N2O2/c1-9-6-7-19-15(9)14(16)11-2-4-12-10(8-11)3-5-13(18)17-12/h2,4,8-9,14-15H,3,5-7,16H2,1H3,(H,17,18). The third kappa shape index (κ3) is 2.38. The summed E-state index contributed by atoms with van der Waals surface area (Å²) in [5, 5.41) is 2.89. The molecule has 1 fully saturated rings. The maximum absolute atomic E-state index is 11.3. The number of hydrogen-bond donors (Lipinski definition) is 2. The second kappa shape index (κ2) is 4.94. The molecule has 1 aromatic rings. The molecule has 0 bridgehead atoms. The Morgan fingerprint density at radius 2 is 2.26 bits per heavy atom. The van der Waals surface area contributed by atoms with E-state index in [-0.39, 0.29) is 18.1 Å². The Kier molecular flexibility index (Phi) is 3.29. The van der Waals surface area contributed by atoms with Crippen LogP contribution in [0.1, 0.15) is 36.9 Å². The van der Waals surface area contributed by atoms with Crippen molar-refractivity contribution >= 4 is 11.6 Å². The molecule has 2 aliphatic heterocycles. The molecule has 1 amide bonds. The fourth-order valence-electron chi connectivity index (χ4n) is 2.98. The minimum atomic E-state index is -0.0829. The number of carbonyl (C=O) groups is 1. The van der Waals surface area contributed by atoms with Gasteiger partial charge in [-0.1, -0.05) is 19.1 Å². The molecule has 0 aliphatic carbocycles. The summed E-state index contributed by atoms with van der Waals surface area (Å²) in [4.78, 5) is 11.3. The minimum absolute atomic E-state index is 0.0829. The molecular weight excluding hydrogens is 240 g/mol. The van der Waals surface area contributed by atoms with Crippen LogP contribution in [-0.2, 0) is 16.0 Å². The van der Waals surface area contributed by atoms with Crippen LogP contribution >= 0.6 is 0 Å². The van der Waals surface area contributed by atoms with Gasteiger partial charge < -0.3 is 15.8 Å². The molecule has 4 heteroatoms. The highest BCUT2D eigenvalue weighted by atomic mass is 16.5. The van der Waals surface area contributed by atoms with Gasteiger partial charge in [-0.3, -0.25) is 4.79 Å². The fourth-order valence-corrected chi connectivity index (χ4v) is 2.98. The van der Waals surface area contributed by atoms with Gasteiger partial charge in [0.2, 0.25) is 5.91 Å². The van der Waals surface area contributed by atoms with Crippen LogP contribution in [0.3, 0.4) is 0 Å². The predicted molar refractivity (Wildman–Crippen MR) is 73.8 cm³/mol. The van der Waals surface area contributed by atoms with E-state index in [9.17, 15) is 4.79 Å². The quantitative estimate of drug-likeness (QED) is 0.854. The number of benzene rings is 1. The van der Waals surface area contributed by atoms with E-state index in [0.717, 1.165) is 30.7 Å². The molecule has 1 aromatic carbocycles. The number of ether oxygens (including phenoxy) is 1. The van der Waals surface area contributed by atoms with E-state index >= 15 is 0 Å². The molecule has 3 N–H and O–H groups in total. The summed E-state index contributed by atoms with van der Waals surface area (Å²) < 4.78 is 5.75. The Morgan fingerprint density at radius 1 is 1.42 bits per heavy atom. The van der Waals surface area contributed by atoms with Crippen LogP contribution in [-0.4, -0.2) is 18.6 Å². The van der Waals surface area contributed by atoms with Crippen molar-refractivity contribution in [2.45, 2.75) is 38.3 Å². The van der Waals surface area contributed by atoms with Gasteiger partial charge in [-0.05, 0) is 36.0 Å². The Balaban J connectivity index is 1.83. The van der Waals surface area contributed by atoms with Crippen LogP contribution in [0.4, 0.5) is 5.69 Å². The molecular formula is C15H20N2O2. The number of fused-ring (bicyclic) bond motifs is 1. The zero-order chi connectivity index (χ0) is 13.4. The average Bonchev–Trinajstić information content (AvgIpc) is 2.83. The number of aryl methyl sites for hydroxylation is 1. The van der Waals surface area contributed by atoms with Crippen LogP contribution < -0.4 is 11.1 Å². The van der Waals surface area contributed by atoms with Gasteiger partial charge in [0.1, 0.15) is 0 Å². The molecule has 3 atom stereocenters. The summed E-state index contributed by atoms with van der Waals surface area (Å²) in [7, 11) is 0. The lowest BCUT2D eigenvalue weighted by Gasteiger charge is -2.25. The Morgan fingerprint density at radius 3 is 3.00 bits per heavy atom. The van der Waals surface area contributed by atoms with Crippen molar-refractivity contribution in [3.8, 4) is 0 Å². The molecule has 3 rings (SSSR count). The summed E-state index contributed by atoms with van der Waals surface area (Å²) in [5.41, 5.74) is 9.55. The van der Waals surface area contributed by atoms with Crippen LogP contribution in [0.5, 0.6) is 0 Å². The third-order valence-corrected chi connectivity index (χ3v) is 4.21. The van der Waals surface area contributed by atoms with Crippen molar-refractivity contribution in [1.82, 2.24) is 0 Å². The highest BCUT2D eigenvalue weighted by Crippen LogP contribution is 2.32. The maximum Gasteiger partial charge on any atom is 0.224 e. The SMILES string of the molecule is CC1CCOC1C(N)c1ccc2c(c1)CCC(=O)N2. The maximum atomic E-state index is 11.3. The number of nitrogens with two attached hydrogens (primary N) is 1. The van der Waals surface area contributed by atoms with Gasteiger partial charge in [0.25, 0.3) is 0 Å². The molecule has 0 saturated carbocycles. The van der Waals surface area contributed by atoms with Gasteiger partial charge >= 0.3 is 0 Å². The first-order valence-electron chi connectivity index (χ1n) is 6.95. The van der Waals surface area contributed by atoms with Crippen LogP contribution in [0, 0.1) is 5.92 Å². The van der Waals surface area contributed by atoms with Crippen molar-refractivity contribution in [3.05, 3.63) is 29.3 Å². The molecule has 0 spiro atoms. The van der Waals surface area contributed by atoms with Gasteiger partial charge in [-0.15, -0.1) is 0 Å². The van der Waals surface area contributed by atoms with Gasteiger partial charge in [-0.25, -0.2) is 0 Å². The topological polar surface area (TPSA) is 64.3 Å². The molecule has 19 heavy (non-hydrogen) atoms. The first kappa shape index (κ1) is 12.6. The van der Waals surface area contributed by atoms with Gasteiger partial charge in [0, 0.05) is 18.7 Å². The first-order chi connectivity index (χ1) is 9.15. The zero-order valence-electron chi connectivity index (χ0n) is 11.2. The Bertz CT molecular complexity index is 501. The summed E-state index contributed by atoms with van der Waals surface area (Å²) >= 11 is 0. The lowest BCUT2D eigenvalue weighted by molar-refractivity contribution is -0.116. The third-order valence-electron chi connectivity index (χ3n) is 4.21. The van der Waals surface area contributed by atoms with Crippen LogP contribution in [0.25, 0.3) is 0 Å². The van der Waals surface area contributed by atoms with Crippen LogP contribution in [0.2, 0.25) is 0 Å². The Hall–Kier alpha value is -1.39. The number of carbonyl (C=O) groups excluding carboxylic acids is 1. The smallest absolute Gasteiger partial charge is 0.224 e. The largest absolute Gasteiger partial charge is 0.376 e. The molecule has 1 saturated heterocycles. The fraction of sp³-hybridized carbons (Fsp3) is 0.533. The van der Waals surface area contributed by atoms with E-state index in [2.05, 4.69) is 18.3 Å². The van der Waals surface area contributed by atoms with E-state index in [4.69, 9.17) is 10.5 Å². The summed E-state index contributed by atoms with van der Waals surface area (Å²) in [5.74, 6) is 0.600. The van der Waals surface area contributed by atoms with Gasteiger partial charge in [0.15, 0.2) is 0 Å². The lowest BCUT2D eigenvalue weighted by atomic mass is 9.91. The summed E-state index contributed by atoms with van der Waals surface area (Å²) in [6, 6.07) is 6.00. The number of hydrogen-bond acceptors (Lipinski definition) is 3. The number of amides is 1. The minimum Gasteiger partial charge on any atom is -0.376 e. The van der Waals surface area contributed by atoms with Crippen LogP contribution in [0.15, 0.2) is 18.2 Å². The first-order valence-corrected chi connectivity index (χ1v) is 6.95. The van der Waals surface area contributed by atoms with Crippen molar-refractivity contribution in [2.75, 3.05) is 11.9 Å². The zero-order valence-corrected chi connectivity index (χ0v) is 11.2. The number of anilines is 1. The van der Waals surface area contributed by atoms with Crippen molar-refractivity contribution < 1.29 is 9.53 Å². The highest BCUT2D eigenvalue weighted by Gasteiger charge is 2.31. The highest BCUT2D eigenvalue weighted by molar-refractivity contribution is 5.93. The predicted octanol–water partition coefficient (Wildman–Crippen LogP) is 2.00. The average molecular weight is 260 g/mol. The molecule has 0 aromatic heterocycles. The van der Waals surface area contributed by atoms with Gasteiger partial charge in [0.05, 0.1) is 12.1 Å². The van der Waals surface area contributed by atoms with Gasteiger partial charge in [-0.2, -0.15) is 0 Å². The monoisotopic (exact) mass is 260 g/mol. The summed E-state index contributed by atoms with van der Waals surface area (Å²) in [6.45, 7) is 3.00. The van der Waals surface area contributed by atoms with E-state index in [1.54, 1.807) is 0 Å². The van der Waals surface area contributed by atoms with Crippen molar-refractivity contribution in [1.29, 1.82) is 0 Å².